The van der Waals surface area contributed by atoms with Crippen molar-refractivity contribution in [3.8, 4) is 5.75 Å². The highest BCUT2D eigenvalue weighted by Gasteiger charge is 2.53. The summed E-state index contributed by atoms with van der Waals surface area (Å²) in [5.74, 6) is -1.17. The second-order valence-electron chi connectivity index (χ2n) is 5.21. The number of carbonyl (C=O) groups excluding carboxylic acids is 2. The van der Waals surface area contributed by atoms with Crippen molar-refractivity contribution in [2.45, 2.75) is 18.3 Å². The van der Waals surface area contributed by atoms with E-state index < -0.39 is 24.2 Å². The second-order valence-corrected chi connectivity index (χ2v) is 5.21. The summed E-state index contributed by atoms with van der Waals surface area (Å²) in [6, 6.07) is 2.80. The summed E-state index contributed by atoms with van der Waals surface area (Å²) < 4.78 is 5.03. The van der Waals surface area contributed by atoms with Gasteiger partial charge in [-0.05, 0) is 6.07 Å². The minimum absolute atomic E-state index is 0.0103. The molecule has 3 unspecified atom stereocenters. The fourth-order valence-electron chi connectivity index (χ4n) is 2.55. The number of nitrogens with one attached hydrogen (secondary N) is 2. The maximum atomic E-state index is 12.3. The lowest BCUT2D eigenvalue weighted by Gasteiger charge is -2.17. The molecule has 4 rings (SSSR count). The zero-order valence-corrected chi connectivity index (χ0v) is 11.1. The zero-order chi connectivity index (χ0) is 15.4. The topological polar surface area (TPSA) is 128 Å². The fourth-order valence-corrected chi connectivity index (χ4v) is 2.55. The number of nitrogens with zero attached hydrogens (tertiary/aromatic N) is 1. The van der Waals surface area contributed by atoms with Crippen molar-refractivity contribution in [1.82, 2.24) is 15.3 Å². The number of benzene rings is 1. The van der Waals surface area contributed by atoms with Crippen molar-refractivity contribution in [3.63, 3.8) is 0 Å². The van der Waals surface area contributed by atoms with Crippen LogP contribution in [0.4, 0.5) is 0 Å². The number of phenols is 1. The van der Waals surface area contributed by atoms with Crippen molar-refractivity contribution in [3.05, 3.63) is 35.8 Å². The molecule has 1 amide bonds. The number of ether oxygens (including phenoxy) is 1. The van der Waals surface area contributed by atoms with Gasteiger partial charge >= 0.3 is 0 Å². The van der Waals surface area contributed by atoms with Gasteiger partial charge in [-0.2, -0.15) is 0 Å². The van der Waals surface area contributed by atoms with Crippen LogP contribution in [0.15, 0.2) is 30.2 Å². The Morgan fingerprint density at radius 3 is 3.05 bits per heavy atom. The van der Waals surface area contributed by atoms with E-state index in [-0.39, 0.29) is 22.8 Å². The van der Waals surface area contributed by atoms with E-state index in [1.807, 2.05) is 0 Å². The third kappa shape index (κ3) is 1.89. The number of ketones is 1. The van der Waals surface area contributed by atoms with Crippen LogP contribution < -0.4 is 5.32 Å². The van der Waals surface area contributed by atoms with Crippen molar-refractivity contribution >= 4 is 22.7 Å². The normalized spacial score (nSPS) is 26.5. The van der Waals surface area contributed by atoms with Crippen molar-refractivity contribution in [1.29, 1.82) is 0 Å². The number of hydrogen-bond donors (Lipinski definition) is 4. The number of aromatic amines is 1. The highest BCUT2D eigenvalue weighted by molar-refractivity contribution is 6.03. The molecule has 1 fully saturated rings. The van der Waals surface area contributed by atoms with Gasteiger partial charge in [0.15, 0.2) is 5.78 Å². The average molecular weight is 301 g/mol. The highest BCUT2D eigenvalue weighted by atomic mass is 16.6. The summed E-state index contributed by atoms with van der Waals surface area (Å²) in [4.78, 5) is 30.7. The number of hydrogen-bond acceptors (Lipinski definition) is 6. The first-order valence-electron chi connectivity index (χ1n) is 6.61. The van der Waals surface area contributed by atoms with Gasteiger partial charge < -0.3 is 25.3 Å². The third-order valence-electron chi connectivity index (χ3n) is 3.77. The molecule has 22 heavy (non-hydrogen) atoms. The molecule has 3 atom stereocenters. The SMILES string of the molecule is O=C(NC1=CC(=O)C2OC2C1O)c1cc2[nH]cnc2cc1O. The predicted octanol–water partition coefficient (Wildman–Crippen LogP) is -0.407. The molecule has 2 heterocycles. The fraction of sp³-hybridized carbons (Fsp3) is 0.214. The molecule has 4 N–H and O–H groups in total. The number of aromatic nitrogens is 2. The summed E-state index contributed by atoms with van der Waals surface area (Å²) >= 11 is 0. The van der Waals surface area contributed by atoms with Crippen LogP contribution >= 0.6 is 0 Å². The van der Waals surface area contributed by atoms with E-state index in [9.17, 15) is 19.8 Å². The molecule has 1 aliphatic heterocycles. The number of epoxide rings is 1. The Morgan fingerprint density at radius 1 is 1.41 bits per heavy atom. The maximum Gasteiger partial charge on any atom is 0.259 e. The van der Waals surface area contributed by atoms with Crippen LogP contribution in [0.1, 0.15) is 10.4 Å². The molecule has 2 aromatic rings. The number of rotatable bonds is 2. The number of aliphatic hydroxyl groups is 1. The summed E-state index contributed by atoms with van der Waals surface area (Å²) in [7, 11) is 0. The van der Waals surface area contributed by atoms with Crippen LogP contribution in [0.3, 0.4) is 0 Å². The van der Waals surface area contributed by atoms with Crippen LogP contribution in [0, 0.1) is 0 Å². The number of carbonyl (C=O) groups is 2. The van der Waals surface area contributed by atoms with Gasteiger partial charge in [-0.1, -0.05) is 0 Å². The molecule has 8 heteroatoms. The Morgan fingerprint density at radius 2 is 2.23 bits per heavy atom. The zero-order valence-electron chi connectivity index (χ0n) is 11.1. The number of imidazole rings is 1. The first kappa shape index (κ1) is 13.0. The number of H-pyrrole nitrogens is 1. The molecule has 1 saturated heterocycles. The molecule has 1 aromatic carbocycles. The van der Waals surface area contributed by atoms with Crippen LogP contribution in [0.2, 0.25) is 0 Å². The Kier molecular flexibility index (Phi) is 2.59. The Balaban J connectivity index is 1.63. The minimum atomic E-state index is -1.07. The smallest absolute Gasteiger partial charge is 0.259 e. The van der Waals surface area contributed by atoms with Crippen LogP contribution in [0.25, 0.3) is 11.0 Å². The van der Waals surface area contributed by atoms with Crippen LogP contribution in [0.5, 0.6) is 5.75 Å². The molecule has 0 spiro atoms. The molecule has 0 saturated carbocycles. The monoisotopic (exact) mass is 301 g/mol. The van der Waals surface area contributed by atoms with E-state index in [4.69, 9.17) is 4.74 Å². The Labute approximate surface area is 123 Å². The number of amides is 1. The molecule has 0 radical (unpaired) electrons. The van der Waals surface area contributed by atoms with Crippen LogP contribution in [-0.2, 0) is 9.53 Å². The van der Waals surface area contributed by atoms with Gasteiger partial charge in [0.2, 0.25) is 0 Å². The van der Waals surface area contributed by atoms with Gasteiger partial charge in [0.05, 0.1) is 28.6 Å². The molecule has 2 aliphatic rings. The van der Waals surface area contributed by atoms with E-state index in [2.05, 4.69) is 15.3 Å². The third-order valence-corrected chi connectivity index (χ3v) is 3.77. The molecule has 1 aromatic heterocycles. The first-order chi connectivity index (χ1) is 10.5. The van der Waals surface area contributed by atoms with Gasteiger partial charge in [0.1, 0.15) is 24.1 Å². The van der Waals surface area contributed by atoms with Crippen molar-refractivity contribution in [2.24, 2.45) is 0 Å². The molecular weight excluding hydrogens is 290 g/mol. The van der Waals surface area contributed by atoms with E-state index in [1.165, 1.54) is 18.5 Å². The van der Waals surface area contributed by atoms with Crippen molar-refractivity contribution < 1.29 is 24.5 Å². The van der Waals surface area contributed by atoms with Crippen molar-refractivity contribution in [2.75, 3.05) is 0 Å². The van der Waals surface area contributed by atoms with E-state index in [0.29, 0.717) is 11.0 Å². The number of aromatic hydroxyl groups is 1. The standard InChI is InChI=1S/C14H11N3O5/c18-9-2-7-6(15-4-16-7)1-5(9)14(21)17-8-3-10(19)12-13(22-12)11(8)20/h1-4,11-13,18,20H,(H,15,16)(H,17,21). The number of fused-ring (bicyclic) bond motifs is 2. The summed E-state index contributed by atoms with van der Waals surface area (Å²) in [6.45, 7) is 0. The lowest BCUT2D eigenvalue weighted by molar-refractivity contribution is -0.116. The predicted molar refractivity (Wildman–Crippen MR) is 73.0 cm³/mol. The van der Waals surface area contributed by atoms with E-state index >= 15 is 0 Å². The second kappa shape index (κ2) is 4.39. The number of phenolic OH excluding ortho intramolecular Hbond substituents is 1. The largest absolute Gasteiger partial charge is 0.507 e. The van der Waals surface area contributed by atoms with Crippen LogP contribution in [-0.4, -0.2) is 50.2 Å². The first-order valence-corrected chi connectivity index (χ1v) is 6.61. The molecule has 1 aliphatic carbocycles. The van der Waals surface area contributed by atoms with E-state index in [0.717, 1.165) is 6.08 Å². The van der Waals surface area contributed by atoms with Gasteiger partial charge in [-0.15, -0.1) is 0 Å². The average Bonchev–Trinajstić information content (AvgIpc) is 3.17. The minimum Gasteiger partial charge on any atom is -0.507 e. The highest BCUT2D eigenvalue weighted by Crippen LogP contribution is 2.33. The molecular formula is C14H11N3O5. The van der Waals surface area contributed by atoms with Gasteiger partial charge in [-0.3, -0.25) is 9.59 Å². The van der Waals surface area contributed by atoms with Gasteiger partial charge in [0.25, 0.3) is 5.91 Å². The quantitative estimate of drug-likeness (QED) is 0.558. The number of aliphatic hydroxyl groups excluding tert-OH is 1. The molecule has 0 bridgehead atoms. The summed E-state index contributed by atoms with van der Waals surface area (Å²) in [5.41, 5.74) is 1.19. The lowest BCUT2D eigenvalue weighted by Crippen LogP contribution is -2.37. The molecule has 8 nitrogen and oxygen atoms in total. The van der Waals surface area contributed by atoms with E-state index in [1.54, 1.807) is 0 Å². The van der Waals surface area contributed by atoms with Gasteiger partial charge in [-0.25, -0.2) is 4.98 Å². The maximum absolute atomic E-state index is 12.3. The summed E-state index contributed by atoms with van der Waals surface area (Å²) in [5, 5.41) is 22.3. The van der Waals surface area contributed by atoms with Gasteiger partial charge in [0, 0.05) is 12.1 Å². The Bertz CT molecular complexity index is 840. The Hall–Kier alpha value is -2.71. The summed E-state index contributed by atoms with van der Waals surface area (Å²) in [6.07, 6.45) is 0.330. The lowest BCUT2D eigenvalue weighted by atomic mass is 10.0. The molecule has 112 valence electrons.